The Morgan fingerprint density at radius 2 is 1.27 bits per heavy atom. The maximum atomic E-state index is 5.55. The van der Waals surface area contributed by atoms with Crippen LogP contribution in [-0.2, 0) is 0 Å². The largest absolute Gasteiger partial charge is 0.497 e. The maximum absolute atomic E-state index is 5.55. The van der Waals surface area contributed by atoms with Crippen LogP contribution < -0.4 is 15.2 Å². The molecule has 3 N–H and O–H groups in total. The van der Waals surface area contributed by atoms with Gasteiger partial charge in [0.2, 0.25) is 0 Å². The Labute approximate surface area is 175 Å². The number of benzene rings is 3. The molecule has 8 heteroatoms. The molecule has 30 heavy (non-hydrogen) atoms. The lowest BCUT2D eigenvalue weighted by molar-refractivity contribution is 0.395. The molecule has 8 nitrogen and oxygen atoms in total. The summed E-state index contributed by atoms with van der Waals surface area (Å²) >= 11 is 0. The van der Waals surface area contributed by atoms with Crippen LogP contribution in [-0.4, -0.2) is 29.6 Å². The van der Waals surface area contributed by atoms with Gasteiger partial charge < -0.3 is 15.2 Å². The zero-order chi connectivity index (χ0) is 21.4. The lowest BCUT2D eigenvalue weighted by atomic mass is 10.3. The number of H-pyrrole nitrogens is 1. The van der Waals surface area contributed by atoms with Crippen molar-refractivity contribution in [1.29, 1.82) is 0 Å². The summed E-state index contributed by atoms with van der Waals surface area (Å²) in [5, 5.41) is 17.5. The molecule has 4 rings (SSSR count). The van der Waals surface area contributed by atoms with Crippen molar-refractivity contribution in [2.45, 2.75) is 0 Å². The van der Waals surface area contributed by atoms with Crippen molar-refractivity contribution in [2.24, 2.45) is 10.2 Å². The molecule has 0 saturated heterocycles. The van der Waals surface area contributed by atoms with Gasteiger partial charge in [0.1, 0.15) is 11.5 Å². The summed E-state index contributed by atoms with van der Waals surface area (Å²) < 4.78 is 9.96. The van der Waals surface area contributed by atoms with E-state index in [2.05, 4.69) is 25.6 Å². The molecule has 0 atom stereocenters. The molecule has 1 heterocycles. The Bertz CT molecular complexity index is 896. The molecule has 0 aliphatic carbocycles. The molecule has 0 spiro atoms. The Kier molecular flexibility index (Phi) is 9.62. The summed E-state index contributed by atoms with van der Waals surface area (Å²) in [6, 6.07) is 24.6. The Morgan fingerprint density at radius 1 is 0.767 bits per heavy atom. The third-order valence-corrected chi connectivity index (χ3v) is 3.50. The number of azo groups is 1. The van der Waals surface area contributed by atoms with E-state index < -0.39 is 0 Å². The topological polar surface area (TPSA) is 111 Å². The fourth-order valence-corrected chi connectivity index (χ4v) is 2.10. The van der Waals surface area contributed by atoms with Gasteiger partial charge in [-0.25, -0.2) is 0 Å². The van der Waals surface area contributed by atoms with Gasteiger partial charge in [-0.3, -0.25) is 5.10 Å². The molecular weight excluding hydrogens is 380 g/mol. The second kappa shape index (κ2) is 13.1. The molecule has 1 aromatic heterocycles. The highest BCUT2D eigenvalue weighted by Gasteiger charge is 1.97. The van der Waals surface area contributed by atoms with Crippen molar-refractivity contribution in [2.75, 3.05) is 20.0 Å². The van der Waals surface area contributed by atoms with E-state index in [0.29, 0.717) is 17.2 Å². The lowest BCUT2D eigenvalue weighted by Gasteiger charge is -2.04. The van der Waals surface area contributed by atoms with Crippen LogP contribution in [0.1, 0.15) is 0 Å². The van der Waals surface area contributed by atoms with Crippen LogP contribution in [0.5, 0.6) is 11.5 Å². The minimum Gasteiger partial charge on any atom is -0.497 e. The molecule has 4 aromatic rings. The third kappa shape index (κ3) is 8.66. The van der Waals surface area contributed by atoms with Crippen LogP contribution in [0.25, 0.3) is 0 Å². The number of nitrogens with one attached hydrogen (secondary N) is 1. The van der Waals surface area contributed by atoms with Crippen molar-refractivity contribution in [3.8, 4) is 11.5 Å². The van der Waals surface area contributed by atoms with Gasteiger partial charge in [-0.05, 0) is 24.3 Å². The SMILES string of the molecule is COc1cc(N)cc(OC)c1.c1c[nH]nn1.c1ccc(N=Nc2ccccc2)cc1. The van der Waals surface area contributed by atoms with Crippen molar-refractivity contribution in [3.63, 3.8) is 0 Å². The fraction of sp³-hybridized carbons (Fsp3) is 0.0909. The smallest absolute Gasteiger partial charge is 0.124 e. The third-order valence-electron chi connectivity index (χ3n) is 3.50. The van der Waals surface area contributed by atoms with Gasteiger partial charge in [0, 0.05) is 30.1 Å². The fourth-order valence-electron chi connectivity index (χ4n) is 2.10. The molecule has 0 aliphatic heterocycles. The number of aromatic amines is 1. The minimum absolute atomic E-state index is 0.640. The van der Waals surface area contributed by atoms with Crippen LogP contribution >= 0.6 is 0 Å². The van der Waals surface area contributed by atoms with Gasteiger partial charge >= 0.3 is 0 Å². The highest BCUT2D eigenvalue weighted by molar-refractivity contribution is 5.50. The van der Waals surface area contributed by atoms with E-state index in [9.17, 15) is 0 Å². The Hall–Kier alpha value is -4.20. The molecule has 154 valence electrons. The number of nitrogens with two attached hydrogens (primary N) is 1. The number of nitrogens with zero attached hydrogens (tertiary/aromatic N) is 4. The van der Waals surface area contributed by atoms with Crippen LogP contribution in [0.3, 0.4) is 0 Å². The van der Waals surface area contributed by atoms with E-state index in [1.54, 1.807) is 44.8 Å². The normalized spacial score (nSPS) is 9.67. The van der Waals surface area contributed by atoms with E-state index in [1.807, 2.05) is 60.7 Å². The molecule has 0 radical (unpaired) electrons. The Balaban J connectivity index is 0.000000177. The van der Waals surface area contributed by atoms with Crippen LogP contribution in [0.4, 0.5) is 17.1 Å². The van der Waals surface area contributed by atoms with E-state index in [0.717, 1.165) is 11.4 Å². The van der Waals surface area contributed by atoms with Crippen molar-refractivity contribution >= 4 is 17.1 Å². The first-order chi connectivity index (χ1) is 14.7. The summed E-state index contributed by atoms with van der Waals surface area (Å²) in [6.07, 6.45) is 3.24. The van der Waals surface area contributed by atoms with Gasteiger partial charge in [-0.15, -0.1) is 5.10 Å². The standard InChI is InChI=1S/C12H10N2.C8H11NO2.C2H3N3/c1-3-7-11(8-4-1)13-14-12-9-5-2-6-10-12;1-10-7-3-6(9)4-8(5-7)11-2;1-2-4-5-3-1/h1-10H;3-5H,9H2,1-2H3;1-2H,(H,3,4,5). The summed E-state index contributed by atoms with van der Waals surface area (Å²) in [5.74, 6) is 1.42. The first-order valence-electron chi connectivity index (χ1n) is 9.02. The predicted molar refractivity (Wildman–Crippen MR) is 117 cm³/mol. The van der Waals surface area contributed by atoms with Crippen LogP contribution in [0, 0.1) is 0 Å². The molecule has 0 unspecified atom stereocenters. The highest BCUT2D eigenvalue weighted by atomic mass is 16.5. The molecule has 0 saturated carbocycles. The number of nitrogen functional groups attached to an aromatic ring is 1. The number of hydrogen-bond acceptors (Lipinski definition) is 7. The molecule has 3 aromatic carbocycles. The number of aromatic nitrogens is 3. The zero-order valence-electron chi connectivity index (χ0n) is 16.8. The molecule has 0 fully saturated rings. The van der Waals surface area contributed by atoms with E-state index in [1.165, 1.54) is 0 Å². The van der Waals surface area contributed by atoms with Crippen molar-refractivity contribution in [1.82, 2.24) is 15.4 Å². The maximum Gasteiger partial charge on any atom is 0.124 e. The van der Waals surface area contributed by atoms with Crippen LogP contribution in [0.15, 0.2) is 101 Å². The molecule has 0 amide bonds. The van der Waals surface area contributed by atoms with E-state index in [4.69, 9.17) is 15.2 Å². The Morgan fingerprint density at radius 3 is 1.60 bits per heavy atom. The van der Waals surface area contributed by atoms with Gasteiger partial charge in [0.25, 0.3) is 0 Å². The average Bonchev–Trinajstić information content (AvgIpc) is 3.39. The number of ether oxygens (including phenoxy) is 2. The average molecular weight is 404 g/mol. The van der Waals surface area contributed by atoms with Gasteiger partial charge in [-0.2, -0.15) is 10.2 Å². The summed E-state index contributed by atoms with van der Waals surface area (Å²) in [6.45, 7) is 0. The highest BCUT2D eigenvalue weighted by Crippen LogP contribution is 2.23. The van der Waals surface area contributed by atoms with Crippen LogP contribution in [0.2, 0.25) is 0 Å². The molecular formula is C22H24N6O2. The first kappa shape index (κ1) is 22.1. The molecule has 0 aliphatic rings. The number of anilines is 1. The van der Waals surface area contributed by atoms with E-state index in [-0.39, 0.29) is 0 Å². The number of hydrogen-bond donors (Lipinski definition) is 2. The van der Waals surface area contributed by atoms with Gasteiger partial charge in [0.05, 0.1) is 31.8 Å². The second-order valence-electron chi connectivity index (χ2n) is 5.68. The first-order valence-corrected chi connectivity index (χ1v) is 9.02. The zero-order valence-corrected chi connectivity index (χ0v) is 16.8. The summed E-state index contributed by atoms with van der Waals surface area (Å²) in [7, 11) is 3.18. The predicted octanol–water partition coefficient (Wildman–Crippen LogP) is 5.19. The summed E-state index contributed by atoms with van der Waals surface area (Å²) in [5.41, 5.74) is 7.93. The van der Waals surface area contributed by atoms with Crippen molar-refractivity contribution < 1.29 is 9.47 Å². The monoisotopic (exact) mass is 404 g/mol. The summed E-state index contributed by atoms with van der Waals surface area (Å²) in [4.78, 5) is 0. The van der Waals surface area contributed by atoms with Crippen molar-refractivity contribution in [3.05, 3.63) is 91.3 Å². The quantitative estimate of drug-likeness (QED) is 0.359. The second-order valence-corrected chi connectivity index (χ2v) is 5.68. The number of methoxy groups -OCH3 is 2. The number of rotatable bonds is 4. The molecule has 0 bridgehead atoms. The lowest BCUT2D eigenvalue weighted by Crippen LogP contribution is -1.90. The van der Waals surface area contributed by atoms with E-state index >= 15 is 0 Å². The van der Waals surface area contributed by atoms with Gasteiger partial charge in [0.15, 0.2) is 0 Å². The minimum atomic E-state index is 0.640. The van der Waals surface area contributed by atoms with Gasteiger partial charge in [-0.1, -0.05) is 41.6 Å².